The van der Waals surface area contributed by atoms with Crippen LogP contribution in [-0.2, 0) is 9.59 Å². The normalized spacial score (nSPS) is 13.8. The first-order valence-corrected chi connectivity index (χ1v) is 4.24. The molecule has 0 radical (unpaired) electrons. The van der Waals surface area contributed by atoms with Crippen LogP contribution in [0.2, 0.25) is 0 Å². The van der Waals surface area contributed by atoms with E-state index in [1.807, 2.05) is 0 Å². The molecule has 0 unspecified atom stereocenters. The number of aliphatic carboxylic acids is 1. The molecular weight excluding hydrogens is 170 g/mol. The van der Waals surface area contributed by atoms with Gasteiger partial charge in [-0.15, -0.1) is 0 Å². The predicted molar refractivity (Wildman–Crippen MR) is 49.6 cm³/mol. The van der Waals surface area contributed by atoms with Crippen molar-refractivity contribution in [1.82, 2.24) is 5.32 Å². The summed E-state index contributed by atoms with van der Waals surface area (Å²) in [4.78, 5) is 22.1. The van der Waals surface area contributed by atoms with Crippen molar-refractivity contribution in [2.45, 2.75) is 33.2 Å². The fourth-order valence-corrected chi connectivity index (χ4v) is 0.825. The second kappa shape index (κ2) is 4.37. The van der Waals surface area contributed by atoms with Gasteiger partial charge in [-0.2, -0.15) is 0 Å². The number of ketones is 1. The highest BCUT2D eigenvalue weighted by molar-refractivity contribution is 5.88. The molecule has 0 heterocycles. The maximum Gasteiger partial charge on any atom is 0.309 e. The lowest BCUT2D eigenvalue weighted by molar-refractivity contribution is -0.149. The molecule has 0 fully saturated rings. The SMILES string of the molecule is CN[C@@H](C)C(=O)CC(C)(C)C(=O)O. The van der Waals surface area contributed by atoms with E-state index >= 15 is 0 Å². The van der Waals surface area contributed by atoms with Crippen LogP contribution in [0.4, 0.5) is 0 Å². The first kappa shape index (κ1) is 12.1. The van der Waals surface area contributed by atoms with Crippen LogP contribution in [0, 0.1) is 5.41 Å². The third kappa shape index (κ3) is 3.55. The number of hydrogen-bond donors (Lipinski definition) is 2. The Labute approximate surface area is 78.3 Å². The van der Waals surface area contributed by atoms with E-state index < -0.39 is 11.4 Å². The van der Waals surface area contributed by atoms with E-state index in [-0.39, 0.29) is 18.2 Å². The summed E-state index contributed by atoms with van der Waals surface area (Å²) in [7, 11) is 1.68. The summed E-state index contributed by atoms with van der Waals surface area (Å²) in [5, 5.41) is 11.6. The third-order valence-electron chi connectivity index (χ3n) is 2.11. The maximum absolute atomic E-state index is 11.4. The van der Waals surface area contributed by atoms with Crippen LogP contribution in [0.3, 0.4) is 0 Å². The number of carboxylic acid groups (broad SMARTS) is 1. The van der Waals surface area contributed by atoms with E-state index in [1.165, 1.54) is 0 Å². The van der Waals surface area contributed by atoms with Crippen LogP contribution < -0.4 is 5.32 Å². The molecule has 0 bridgehead atoms. The Morgan fingerprint density at radius 2 is 1.92 bits per heavy atom. The average molecular weight is 187 g/mol. The summed E-state index contributed by atoms with van der Waals surface area (Å²) in [6, 6.07) is -0.279. The minimum atomic E-state index is -0.970. The van der Waals surface area contributed by atoms with Gasteiger partial charge in [-0.3, -0.25) is 9.59 Å². The van der Waals surface area contributed by atoms with Crippen molar-refractivity contribution >= 4 is 11.8 Å². The zero-order valence-electron chi connectivity index (χ0n) is 8.55. The number of carboxylic acids is 1. The summed E-state index contributed by atoms with van der Waals surface area (Å²) < 4.78 is 0. The van der Waals surface area contributed by atoms with Gasteiger partial charge in [-0.25, -0.2) is 0 Å². The molecule has 0 aliphatic heterocycles. The molecule has 0 saturated carbocycles. The van der Waals surface area contributed by atoms with Gasteiger partial charge in [0.1, 0.15) is 0 Å². The van der Waals surface area contributed by atoms with Gasteiger partial charge in [0, 0.05) is 6.42 Å². The molecule has 13 heavy (non-hydrogen) atoms. The fraction of sp³-hybridized carbons (Fsp3) is 0.778. The standard InChI is InChI=1S/C9H17NO3/c1-6(10-4)7(11)5-9(2,3)8(12)13/h6,10H,5H2,1-4H3,(H,12,13)/t6-/m0/s1. The molecule has 0 rings (SSSR count). The van der Waals surface area contributed by atoms with E-state index in [9.17, 15) is 9.59 Å². The average Bonchev–Trinajstić information content (AvgIpc) is 2.01. The first-order valence-electron chi connectivity index (χ1n) is 4.24. The summed E-state index contributed by atoms with van der Waals surface area (Å²) >= 11 is 0. The zero-order valence-corrected chi connectivity index (χ0v) is 8.55. The molecule has 0 aromatic carbocycles. The molecule has 0 amide bonds. The lowest BCUT2D eigenvalue weighted by Crippen LogP contribution is -2.36. The molecular formula is C9H17NO3. The number of hydrogen-bond acceptors (Lipinski definition) is 3. The number of likely N-dealkylation sites (N-methyl/N-ethyl adjacent to an activating group) is 1. The van der Waals surface area contributed by atoms with E-state index in [0.29, 0.717) is 0 Å². The Bertz CT molecular complexity index is 211. The number of Topliss-reactive ketones (excluding diaryl/α,β-unsaturated/α-hetero) is 1. The maximum atomic E-state index is 11.4. The quantitative estimate of drug-likeness (QED) is 0.663. The molecule has 0 aromatic heterocycles. The predicted octanol–water partition coefficient (Wildman–Crippen LogP) is 0.664. The van der Waals surface area contributed by atoms with Crippen LogP contribution in [-0.4, -0.2) is 29.9 Å². The zero-order chi connectivity index (χ0) is 10.6. The van der Waals surface area contributed by atoms with Crippen LogP contribution in [0.15, 0.2) is 0 Å². The minimum Gasteiger partial charge on any atom is -0.481 e. The highest BCUT2D eigenvalue weighted by atomic mass is 16.4. The molecule has 2 N–H and O–H groups in total. The molecule has 0 aliphatic rings. The molecule has 0 aromatic rings. The van der Waals surface area contributed by atoms with E-state index in [1.54, 1.807) is 27.8 Å². The summed E-state index contributed by atoms with van der Waals surface area (Å²) in [6.45, 7) is 4.82. The molecule has 1 atom stereocenters. The van der Waals surface area contributed by atoms with Crippen molar-refractivity contribution < 1.29 is 14.7 Å². The van der Waals surface area contributed by atoms with Crippen LogP contribution >= 0.6 is 0 Å². The highest BCUT2D eigenvalue weighted by Crippen LogP contribution is 2.21. The van der Waals surface area contributed by atoms with Crippen molar-refractivity contribution in [3.05, 3.63) is 0 Å². The first-order chi connectivity index (χ1) is 5.81. The van der Waals surface area contributed by atoms with E-state index in [2.05, 4.69) is 5.32 Å². The Morgan fingerprint density at radius 1 is 1.46 bits per heavy atom. The van der Waals surface area contributed by atoms with E-state index in [4.69, 9.17) is 5.11 Å². The van der Waals surface area contributed by atoms with E-state index in [0.717, 1.165) is 0 Å². The van der Waals surface area contributed by atoms with Gasteiger partial charge in [0.2, 0.25) is 0 Å². The molecule has 76 valence electrons. The Morgan fingerprint density at radius 3 is 2.23 bits per heavy atom. The van der Waals surface area contributed by atoms with Crippen LogP contribution in [0.5, 0.6) is 0 Å². The smallest absolute Gasteiger partial charge is 0.309 e. The van der Waals surface area contributed by atoms with Crippen molar-refractivity contribution in [2.24, 2.45) is 5.41 Å². The monoisotopic (exact) mass is 187 g/mol. The lowest BCUT2D eigenvalue weighted by Gasteiger charge is -2.19. The summed E-state index contributed by atoms with van der Waals surface area (Å²) in [6.07, 6.45) is 0.0599. The van der Waals surface area contributed by atoms with Crippen molar-refractivity contribution in [2.75, 3.05) is 7.05 Å². The molecule has 4 heteroatoms. The van der Waals surface area contributed by atoms with Crippen molar-refractivity contribution in [3.63, 3.8) is 0 Å². The third-order valence-corrected chi connectivity index (χ3v) is 2.11. The number of carbonyl (C=O) groups is 2. The van der Waals surface area contributed by atoms with Crippen molar-refractivity contribution in [1.29, 1.82) is 0 Å². The Kier molecular flexibility index (Phi) is 4.07. The molecule has 0 spiro atoms. The largest absolute Gasteiger partial charge is 0.481 e. The molecule has 0 aliphatic carbocycles. The molecule has 4 nitrogen and oxygen atoms in total. The van der Waals surface area contributed by atoms with Gasteiger partial charge in [0.25, 0.3) is 0 Å². The second-order valence-electron chi connectivity index (χ2n) is 3.84. The highest BCUT2D eigenvalue weighted by Gasteiger charge is 2.31. The number of nitrogens with one attached hydrogen (secondary N) is 1. The minimum absolute atomic E-state index is 0.0599. The van der Waals surface area contributed by atoms with Gasteiger partial charge >= 0.3 is 5.97 Å². The van der Waals surface area contributed by atoms with Gasteiger partial charge in [0.15, 0.2) is 5.78 Å². The molecule has 0 saturated heterocycles. The Hall–Kier alpha value is -0.900. The van der Waals surface area contributed by atoms with Gasteiger partial charge in [0.05, 0.1) is 11.5 Å². The second-order valence-corrected chi connectivity index (χ2v) is 3.84. The van der Waals surface area contributed by atoms with Crippen molar-refractivity contribution in [3.8, 4) is 0 Å². The number of rotatable bonds is 5. The summed E-state index contributed by atoms with van der Waals surface area (Å²) in [5.74, 6) is -1.01. The van der Waals surface area contributed by atoms with Gasteiger partial charge < -0.3 is 10.4 Å². The van der Waals surface area contributed by atoms with Gasteiger partial charge in [-0.05, 0) is 27.8 Å². The van der Waals surface area contributed by atoms with Crippen LogP contribution in [0.25, 0.3) is 0 Å². The number of carbonyl (C=O) groups excluding carboxylic acids is 1. The fourth-order valence-electron chi connectivity index (χ4n) is 0.825. The Balaban J connectivity index is 4.28. The topological polar surface area (TPSA) is 66.4 Å². The lowest BCUT2D eigenvalue weighted by atomic mass is 9.86. The van der Waals surface area contributed by atoms with Gasteiger partial charge in [-0.1, -0.05) is 0 Å². The van der Waals surface area contributed by atoms with Crippen LogP contribution in [0.1, 0.15) is 27.2 Å². The summed E-state index contributed by atoms with van der Waals surface area (Å²) in [5.41, 5.74) is -0.970.